The van der Waals surface area contributed by atoms with E-state index < -0.39 is 0 Å². The summed E-state index contributed by atoms with van der Waals surface area (Å²) in [5.74, 6) is 0.105. The van der Waals surface area contributed by atoms with E-state index in [2.05, 4.69) is 4.99 Å². The van der Waals surface area contributed by atoms with E-state index in [-0.39, 0.29) is 5.75 Å². The van der Waals surface area contributed by atoms with Gasteiger partial charge >= 0.3 is 0 Å². The van der Waals surface area contributed by atoms with Crippen LogP contribution >= 0.6 is 11.6 Å². The van der Waals surface area contributed by atoms with Gasteiger partial charge in [-0.25, -0.2) is 4.99 Å². The van der Waals surface area contributed by atoms with Gasteiger partial charge in [0.2, 0.25) is 0 Å². The number of rotatable bonds is 3. The van der Waals surface area contributed by atoms with E-state index in [1.807, 2.05) is 60.7 Å². The third-order valence-corrected chi connectivity index (χ3v) is 3.50. The molecule has 0 bridgehead atoms. The van der Waals surface area contributed by atoms with Crippen molar-refractivity contribution in [2.45, 2.75) is 0 Å². The molecular weight excluding hydrogens is 294 g/mol. The minimum absolute atomic E-state index is 0.105. The molecule has 0 heterocycles. The summed E-state index contributed by atoms with van der Waals surface area (Å²) in [6.07, 6.45) is 0. The monoisotopic (exact) mass is 307 g/mol. The Kier molecular flexibility index (Phi) is 4.22. The van der Waals surface area contributed by atoms with E-state index in [9.17, 15) is 5.11 Å². The van der Waals surface area contributed by atoms with Crippen molar-refractivity contribution in [1.29, 1.82) is 0 Å². The van der Waals surface area contributed by atoms with Gasteiger partial charge in [0.05, 0.1) is 5.71 Å². The molecule has 0 spiro atoms. The van der Waals surface area contributed by atoms with Crippen LogP contribution in [0.5, 0.6) is 5.75 Å². The van der Waals surface area contributed by atoms with Gasteiger partial charge < -0.3 is 5.11 Å². The van der Waals surface area contributed by atoms with E-state index >= 15 is 0 Å². The van der Waals surface area contributed by atoms with Gasteiger partial charge in [-0.15, -0.1) is 0 Å². The first-order chi connectivity index (χ1) is 10.7. The molecule has 0 saturated heterocycles. The second-order valence-electron chi connectivity index (χ2n) is 4.83. The molecule has 22 heavy (non-hydrogen) atoms. The molecule has 1 N–H and O–H groups in total. The lowest BCUT2D eigenvalue weighted by atomic mass is 10.0. The second-order valence-corrected chi connectivity index (χ2v) is 5.26. The molecule has 3 aromatic rings. The summed E-state index contributed by atoms with van der Waals surface area (Å²) in [4.78, 5) is 4.64. The Morgan fingerprint density at radius 3 is 1.86 bits per heavy atom. The average molecular weight is 308 g/mol. The fraction of sp³-hybridized carbons (Fsp3) is 0. The van der Waals surface area contributed by atoms with Gasteiger partial charge in [0.15, 0.2) is 0 Å². The highest BCUT2D eigenvalue weighted by Gasteiger charge is 2.09. The predicted octanol–water partition coefficient (Wildman–Crippen LogP) is 5.21. The van der Waals surface area contributed by atoms with E-state index in [1.54, 1.807) is 18.2 Å². The summed E-state index contributed by atoms with van der Waals surface area (Å²) in [6, 6.07) is 24.6. The van der Waals surface area contributed by atoms with Crippen LogP contribution in [0.25, 0.3) is 0 Å². The first kappa shape index (κ1) is 14.4. The van der Waals surface area contributed by atoms with Crippen molar-refractivity contribution in [1.82, 2.24) is 0 Å². The number of hydrogen-bond acceptors (Lipinski definition) is 2. The molecule has 108 valence electrons. The molecule has 0 aliphatic carbocycles. The van der Waals surface area contributed by atoms with Crippen LogP contribution in [0, 0.1) is 0 Å². The summed E-state index contributed by atoms with van der Waals surface area (Å²) >= 11 is 6.01. The van der Waals surface area contributed by atoms with Crippen LogP contribution < -0.4 is 0 Å². The predicted molar refractivity (Wildman–Crippen MR) is 91.3 cm³/mol. The van der Waals surface area contributed by atoms with Crippen molar-refractivity contribution in [2.24, 2.45) is 4.99 Å². The number of aliphatic imine (C=N–C) groups is 1. The number of phenolic OH excluding ortho intramolecular Hbond substituents is 1. The number of nitrogens with zero attached hydrogens (tertiary/aromatic N) is 1. The number of aromatic hydroxyl groups is 1. The Morgan fingerprint density at radius 1 is 0.773 bits per heavy atom. The number of phenols is 1. The van der Waals surface area contributed by atoms with Gasteiger partial charge in [-0.1, -0.05) is 72.3 Å². The zero-order valence-corrected chi connectivity index (χ0v) is 12.5. The van der Waals surface area contributed by atoms with E-state index in [0.29, 0.717) is 10.7 Å². The summed E-state index contributed by atoms with van der Waals surface area (Å²) in [5, 5.41) is 10.6. The molecule has 0 atom stereocenters. The van der Waals surface area contributed by atoms with Crippen molar-refractivity contribution in [2.75, 3.05) is 0 Å². The van der Waals surface area contributed by atoms with Crippen molar-refractivity contribution >= 4 is 23.0 Å². The Morgan fingerprint density at radius 2 is 1.32 bits per heavy atom. The fourth-order valence-electron chi connectivity index (χ4n) is 2.19. The minimum Gasteiger partial charge on any atom is -0.506 e. The molecule has 3 rings (SSSR count). The summed E-state index contributed by atoms with van der Waals surface area (Å²) in [5.41, 5.74) is 3.20. The van der Waals surface area contributed by atoms with Crippen LogP contribution in [-0.2, 0) is 0 Å². The summed E-state index contributed by atoms with van der Waals surface area (Å²) in [6.45, 7) is 0. The van der Waals surface area contributed by atoms with Crippen molar-refractivity contribution in [3.8, 4) is 5.75 Å². The average Bonchev–Trinajstić information content (AvgIpc) is 2.57. The third kappa shape index (κ3) is 3.18. The molecule has 0 fully saturated rings. The van der Waals surface area contributed by atoms with Gasteiger partial charge in [-0.05, 0) is 18.2 Å². The normalized spacial score (nSPS) is 10.2. The molecule has 3 aromatic carbocycles. The first-order valence-electron chi connectivity index (χ1n) is 6.92. The molecular formula is C19H14ClNO. The van der Waals surface area contributed by atoms with E-state index in [1.165, 1.54) is 0 Å². The van der Waals surface area contributed by atoms with Gasteiger partial charge in [0.25, 0.3) is 0 Å². The first-order valence-corrected chi connectivity index (χ1v) is 7.30. The van der Waals surface area contributed by atoms with Crippen LogP contribution in [0.3, 0.4) is 0 Å². The highest BCUT2D eigenvalue weighted by molar-refractivity contribution is 6.31. The minimum atomic E-state index is 0.105. The van der Waals surface area contributed by atoms with Crippen molar-refractivity contribution in [3.05, 3.63) is 95.0 Å². The van der Waals surface area contributed by atoms with Gasteiger partial charge in [-0.2, -0.15) is 0 Å². The van der Waals surface area contributed by atoms with Crippen molar-refractivity contribution in [3.63, 3.8) is 0 Å². The molecule has 0 unspecified atom stereocenters. The quantitative estimate of drug-likeness (QED) is 0.661. The Bertz CT molecular complexity index is 757. The lowest BCUT2D eigenvalue weighted by Crippen LogP contribution is -2.02. The third-order valence-electron chi connectivity index (χ3n) is 3.26. The zero-order valence-electron chi connectivity index (χ0n) is 11.8. The molecule has 3 heteroatoms. The molecule has 2 nitrogen and oxygen atoms in total. The lowest BCUT2D eigenvalue weighted by Gasteiger charge is -2.08. The molecule has 0 aliphatic rings. The van der Waals surface area contributed by atoms with E-state index in [0.717, 1.165) is 16.8 Å². The van der Waals surface area contributed by atoms with Crippen LogP contribution in [-0.4, -0.2) is 10.8 Å². The van der Waals surface area contributed by atoms with Gasteiger partial charge in [-0.3, -0.25) is 0 Å². The number of hydrogen-bond donors (Lipinski definition) is 1. The van der Waals surface area contributed by atoms with Crippen LogP contribution in [0.2, 0.25) is 5.02 Å². The van der Waals surface area contributed by atoms with Crippen LogP contribution in [0.15, 0.2) is 83.9 Å². The molecule has 0 amide bonds. The summed E-state index contributed by atoms with van der Waals surface area (Å²) in [7, 11) is 0. The van der Waals surface area contributed by atoms with Crippen LogP contribution in [0.4, 0.5) is 5.69 Å². The largest absolute Gasteiger partial charge is 0.506 e. The molecule has 0 saturated carbocycles. The number of halogens is 1. The van der Waals surface area contributed by atoms with Crippen molar-refractivity contribution < 1.29 is 5.11 Å². The standard InChI is InChI=1S/C19H14ClNO/c20-16-11-12-18(22)17(13-16)21-19(14-7-3-1-4-8-14)15-9-5-2-6-10-15/h1-13,22H. The van der Waals surface area contributed by atoms with Gasteiger partial charge in [0, 0.05) is 16.1 Å². The zero-order chi connectivity index (χ0) is 15.4. The highest BCUT2D eigenvalue weighted by Crippen LogP contribution is 2.30. The van der Waals surface area contributed by atoms with Gasteiger partial charge in [0.1, 0.15) is 11.4 Å². The Labute approximate surface area is 134 Å². The maximum Gasteiger partial charge on any atom is 0.141 e. The lowest BCUT2D eigenvalue weighted by molar-refractivity contribution is 0.477. The molecule has 0 aliphatic heterocycles. The molecule has 0 aromatic heterocycles. The maximum atomic E-state index is 10.0. The molecule has 0 radical (unpaired) electrons. The Hall–Kier alpha value is -2.58. The number of benzene rings is 3. The smallest absolute Gasteiger partial charge is 0.141 e. The van der Waals surface area contributed by atoms with Crippen LogP contribution in [0.1, 0.15) is 11.1 Å². The SMILES string of the molecule is Oc1ccc(Cl)cc1N=C(c1ccccc1)c1ccccc1. The maximum absolute atomic E-state index is 10.0. The topological polar surface area (TPSA) is 32.6 Å². The fourth-order valence-corrected chi connectivity index (χ4v) is 2.36. The van der Waals surface area contributed by atoms with E-state index in [4.69, 9.17) is 11.6 Å². The Balaban J connectivity index is 2.18. The second kappa shape index (κ2) is 6.46. The summed E-state index contributed by atoms with van der Waals surface area (Å²) < 4.78 is 0. The highest BCUT2D eigenvalue weighted by atomic mass is 35.5.